The van der Waals surface area contributed by atoms with Crippen LogP contribution in [0.15, 0.2) is 59.8 Å². The van der Waals surface area contributed by atoms with Crippen LogP contribution >= 0.6 is 0 Å². The molecule has 3 aliphatic rings. The number of cyclic esters (lactones) is 2. The Hall–Kier alpha value is -2.16. The van der Waals surface area contributed by atoms with Gasteiger partial charge in [0.05, 0.1) is 0 Å². The molecule has 0 N–H and O–H groups in total. The first-order valence-electron chi connectivity index (χ1n) is 5.41. The summed E-state index contributed by atoms with van der Waals surface area (Å²) >= 11 is 0. The van der Waals surface area contributed by atoms with Gasteiger partial charge in [0, 0.05) is 12.2 Å². The van der Waals surface area contributed by atoms with Crippen LogP contribution in [0.2, 0.25) is 0 Å². The molecular formula is C14H12O3. The summed E-state index contributed by atoms with van der Waals surface area (Å²) in [5.74, 6) is -1.16. The van der Waals surface area contributed by atoms with Gasteiger partial charge >= 0.3 is 11.9 Å². The largest absolute Gasteiger partial charge is 0.387 e. The minimum absolute atomic E-state index is 0.579. The molecule has 0 radical (unpaired) electrons. The van der Waals surface area contributed by atoms with E-state index in [1.807, 2.05) is 0 Å². The second kappa shape index (κ2) is 5.25. The van der Waals surface area contributed by atoms with Crippen LogP contribution in [0.4, 0.5) is 0 Å². The minimum Gasteiger partial charge on any atom is -0.387 e. The van der Waals surface area contributed by atoms with Crippen molar-refractivity contribution in [3.05, 3.63) is 59.8 Å². The molecule has 1 aliphatic heterocycles. The summed E-state index contributed by atoms with van der Waals surface area (Å²) in [6.07, 6.45) is 17.5. The Balaban J connectivity index is 0.000000136. The van der Waals surface area contributed by atoms with E-state index >= 15 is 0 Å². The Morgan fingerprint density at radius 2 is 1.29 bits per heavy atom. The van der Waals surface area contributed by atoms with Crippen molar-refractivity contribution in [3.8, 4) is 0 Å². The highest BCUT2D eigenvalue weighted by Gasteiger charge is 2.10. The number of esters is 2. The van der Waals surface area contributed by atoms with E-state index in [-0.39, 0.29) is 0 Å². The highest BCUT2D eigenvalue weighted by molar-refractivity contribution is 6.04. The zero-order valence-corrected chi connectivity index (χ0v) is 9.26. The van der Waals surface area contributed by atoms with Gasteiger partial charge in [-0.25, -0.2) is 9.59 Å². The Labute approximate surface area is 99.5 Å². The van der Waals surface area contributed by atoms with Crippen LogP contribution < -0.4 is 0 Å². The Kier molecular flexibility index (Phi) is 3.50. The van der Waals surface area contributed by atoms with Crippen molar-refractivity contribution in [2.24, 2.45) is 0 Å². The van der Waals surface area contributed by atoms with E-state index < -0.39 is 11.9 Å². The monoisotopic (exact) mass is 228 g/mol. The fourth-order valence-electron chi connectivity index (χ4n) is 1.67. The van der Waals surface area contributed by atoms with E-state index in [9.17, 15) is 9.59 Å². The van der Waals surface area contributed by atoms with Gasteiger partial charge < -0.3 is 4.74 Å². The van der Waals surface area contributed by atoms with Crippen LogP contribution in [0, 0.1) is 0 Å². The highest BCUT2D eigenvalue weighted by atomic mass is 16.6. The fourth-order valence-corrected chi connectivity index (χ4v) is 1.67. The Morgan fingerprint density at radius 3 is 1.53 bits per heavy atom. The molecule has 0 aromatic carbocycles. The molecule has 86 valence electrons. The van der Waals surface area contributed by atoms with Crippen LogP contribution in [0.5, 0.6) is 0 Å². The third kappa shape index (κ3) is 3.14. The van der Waals surface area contributed by atoms with Crippen molar-refractivity contribution in [2.75, 3.05) is 0 Å². The standard InChI is InChI=1S/C10H10.C4H2O3/c1-2-6-9(5-1)10-7-3-4-8-10;5-3-1-2-4(6)7-3/h1-5,7H,6,8H2;1-2H. The SMILES string of the molecule is C1=CCC(C2=CC=CC2)=C1.O=C1C=CC(=O)O1. The third-order valence-electron chi connectivity index (χ3n) is 2.51. The predicted molar refractivity (Wildman–Crippen MR) is 63.9 cm³/mol. The van der Waals surface area contributed by atoms with Gasteiger partial charge in [0.1, 0.15) is 0 Å². The second-order valence-electron chi connectivity index (χ2n) is 3.72. The lowest BCUT2D eigenvalue weighted by atomic mass is 10.1. The molecule has 3 rings (SSSR count). The lowest BCUT2D eigenvalue weighted by molar-refractivity contribution is -0.150. The van der Waals surface area contributed by atoms with E-state index in [0.29, 0.717) is 0 Å². The summed E-state index contributed by atoms with van der Waals surface area (Å²) in [5.41, 5.74) is 2.98. The summed E-state index contributed by atoms with van der Waals surface area (Å²) in [7, 11) is 0. The van der Waals surface area contributed by atoms with Crippen molar-refractivity contribution in [2.45, 2.75) is 12.8 Å². The molecule has 0 unspecified atom stereocenters. The molecule has 1 heterocycles. The predicted octanol–water partition coefficient (Wildman–Crippen LogP) is 2.39. The number of carbonyl (C=O) groups is 2. The topological polar surface area (TPSA) is 43.4 Å². The molecule has 0 spiro atoms. The molecule has 0 atom stereocenters. The van der Waals surface area contributed by atoms with Crippen molar-refractivity contribution in [1.29, 1.82) is 0 Å². The lowest BCUT2D eigenvalue weighted by Gasteiger charge is -1.99. The maximum atomic E-state index is 9.92. The maximum absolute atomic E-state index is 9.92. The van der Waals surface area contributed by atoms with Gasteiger partial charge in [-0.1, -0.05) is 36.5 Å². The summed E-state index contributed by atoms with van der Waals surface area (Å²) in [6, 6.07) is 0. The van der Waals surface area contributed by atoms with Gasteiger partial charge in [-0.05, 0) is 24.0 Å². The van der Waals surface area contributed by atoms with Crippen molar-refractivity contribution in [3.63, 3.8) is 0 Å². The van der Waals surface area contributed by atoms with Crippen LogP contribution in [-0.2, 0) is 14.3 Å². The molecular weight excluding hydrogens is 216 g/mol. The normalized spacial score (nSPS) is 20.0. The zero-order chi connectivity index (χ0) is 12.1. The molecule has 0 amide bonds. The number of ether oxygens (including phenoxy) is 1. The van der Waals surface area contributed by atoms with Crippen molar-refractivity contribution >= 4 is 11.9 Å². The minimum atomic E-state index is -0.579. The Bertz CT molecular complexity index is 444. The molecule has 2 aliphatic carbocycles. The van der Waals surface area contributed by atoms with E-state index in [1.54, 1.807) is 0 Å². The molecule has 0 saturated carbocycles. The summed E-state index contributed by atoms with van der Waals surface area (Å²) in [5, 5.41) is 0. The number of rotatable bonds is 1. The maximum Gasteiger partial charge on any atom is 0.338 e. The summed E-state index contributed by atoms with van der Waals surface area (Å²) < 4.78 is 3.97. The fraction of sp³-hybridized carbons (Fsp3) is 0.143. The first-order chi connectivity index (χ1) is 8.25. The van der Waals surface area contributed by atoms with E-state index in [4.69, 9.17) is 0 Å². The van der Waals surface area contributed by atoms with Gasteiger partial charge in [-0.15, -0.1) is 0 Å². The number of allylic oxidation sites excluding steroid dienone is 8. The number of carbonyl (C=O) groups excluding carboxylic acids is 2. The molecule has 0 aromatic heterocycles. The molecule has 0 bridgehead atoms. The van der Waals surface area contributed by atoms with E-state index in [0.717, 1.165) is 25.0 Å². The van der Waals surface area contributed by atoms with Crippen molar-refractivity contribution in [1.82, 2.24) is 0 Å². The zero-order valence-electron chi connectivity index (χ0n) is 9.26. The molecule has 17 heavy (non-hydrogen) atoms. The van der Waals surface area contributed by atoms with Gasteiger partial charge in [-0.3, -0.25) is 0 Å². The molecule has 0 saturated heterocycles. The third-order valence-corrected chi connectivity index (χ3v) is 2.51. The second-order valence-corrected chi connectivity index (χ2v) is 3.72. The average Bonchev–Trinajstić information content (AvgIpc) is 2.99. The van der Waals surface area contributed by atoms with Gasteiger partial charge in [0.2, 0.25) is 0 Å². The first-order valence-corrected chi connectivity index (χ1v) is 5.41. The highest BCUT2D eigenvalue weighted by Crippen LogP contribution is 2.25. The molecule has 3 heteroatoms. The average molecular weight is 228 g/mol. The molecule has 0 fully saturated rings. The molecule has 3 nitrogen and oxygen atoms in total. The number of hydrogen-bond donors (Lipinski definition) is 0. The van der Waals surface area contributed by atoms with Crippen LogP contribution in [0.3, 0.4) is 0 Å². The van der Waals surface area contributed by atoms with E-state index in [1.165, 1.54) is 11.1 Å². The van der Waals surface area contributed by atoms with Gasteiger partial charge in [0.15, 0.2) is 0 Å². The van der Waals surface area contributed by atoms with Crippen LogP contribution in [-0.4, -0.2) is 11.9 Å². The van der Waals surface area contributed by atoms with Crippen molar-refractivity contribution < 1.29 is 14.3 Å². The quantitative estimate of drug-likeness (QED) is 0.511. The summed E-state index contributed by atoms with van der Waals surface area (Å²) in [6.45, 7) is 0. The molecule has 0 aromatic rings. The first kappa shape index (κ1) is 11.3. The van der Waals surface area contributed by atoms with Crippen LogP contribution in [0.1, 0.15) is 12.8 Å². The van der Waals surface area contributed by atoms with Crippen LogP contribution in [0.25, 0.3) is 0 Å². The number of hydrogen-bond acceptors (Lipinski definition) is 3. The van der Waals surface area contributed by atoms with Gasteiger partial charge in [0.25, 0.3) is 0 Å². The Morgan fingerprint density at radius 1 is 0.824 bits per heavy atom. The van der Waals surface area contributed by atoms with E-state index in [2.05, 4.69) is 41.2 Å². The smallest absolute Gasteiger partial charge is 0.338 e. The summed E-state index contributed by atoms with van der Waals surface area (Å²) in [4.78, 5) is 19.8. The van der Waals surface area contributed by atoms with Gasteiger partial charge in [-0.2, -0.15) is 0 Å². The lowest BCUT2D eigenvalue weighted by Crippen LogP contribution is -1.96.